The summed E-state index contributed by atoms with van der Waals surface area (Å²) >= 11 is 6.13. The second-order valence-electron chi connectivity index (χ2n) is 4.30. The maximum Gasteiger partial charge on any atom is 0.176 e. The molecule has 0 aromatic carbocycles. The third-order valence-corrected chi connectivity index (χ3v) is 3.88. The number of ketones is 1. The molecule has 2 rings (SSSR count). The standard InChI is InChI=1S/C11H13ClO3/c1-6-2-10-8(3-9(6)12)11(14)7(4-13)5-15-10/h4-6,8-10H,2-3H2,1H3. The summed E-state index contributed by atoms with van der Waals surface area (Å²) in [6.07, 6.45) is 3.15. The summed E-state index contributed by atoms with van der Waals surface area (Å²) in [5.41, 5.74) is 0.134. The summed E-state index contributed by atoms with van der Waals surface area (Å²) in [5, 5.41) is 0.00445. The molecule has 0 saturated heterocycles. The third-order valence-electron chi connectivity index (χ3n) is 3.27. The van der Waals surface area contributed by atoms with E-state index in [0.29, 0.717) is 18.6 Å². The molecule has 15 heavy (non-hydrogen) atoms. The van der Waals surface area contributed by atoms with Gasteiger partial charge in [0.25, 0.3) is 0 Å². The molecule has 0 aromatic heterocycles. The second-order valence-corrected chi connectivity index (χ2v) is 4.86. The molecular weight excluding hydrogens is 216 g/mol. The number of allylic oxidation sites excluding steroid dienone is 1. The molecule has 0 amide bonds. The minimum Gasteiger partial charge on any atom is -0.496 e. The third kappa shape index (κ3) is 1.81. The molecule has 4 unspecified atom stereocenters. The molecule has 1 aliphatic heterocycles. The molecule has 0 spiro atoms. The molecule has 0 N–H and O–H groups in total. The Morgan fingerprint density at radius 3 is 2.93 bits per heavy atom. The van der Waals surface area contributed by atoms with E-state index in [1.54, 1.807) is 0 Å². The Labute approximate surface area is 93.4 Å². The van der Waals surface area contributed by atoms with Crippen molar-refractivity contribution in [3.05, 3.63) is 11.8 Å². The number of ether oxygens (including phenoxy) is 1. The van der Waals surface area contributed by atoms with E-state index in [2.05, 4.69) is 6.92 Å². The monoisotopic (exact) mass is 228 g/mol. The Morgan fingerprint density at radius 2 is 2.27 bits per heavy atom. The summed E-state index contributed by atoms with van der Waals surface area (Å²) in [4.78, 5) is 22.4. The predicted molar refractivity (Wildman–Crippen MR) is 55.6 cm³/mol. The highest BCUT2D eigenvalue weighted by atomic mass is 35.5. The van der Waals surface area contributed by atoms with Crippen LogP contribution in [0.2, 0.25) is 0 Å². The number of hydrogen-bond donors (Lipinski definition) is 0. The Kier molecular flexibility index (Phi) is 2.83. The summed E-state index contributed by atoms with van der Waals surface area (Å²) in [6, 6.07) is 0. The lowest BCUT2D eigenvalue weighted by Gasteiger charge is -2.38. The molecule has 0 bridgehead atoms. The van der Waals surface area contributed by atoms with Crippen molar-refractivity contribution in [2.75, 3.05) is 0 Å². The molecule has 1 aliphatic carbocycles. The lowest BCUT2D eigenvalue weighted by Crippen LogP contribution is -2.43. The van der Waals surface area contributed by atoms with Crippen LogP contribution in [0.4, 0.5) is 0 Å². The molecule has 0 radical (unpaired) electrons. The smallest absolute Gasteiger partial charge is 0.176 e. The lowest BCUT2D eigenvalue weighted by atomic mass is 9.76. The van der Waals surface area contributed by atoms with Gasteiger partial charge in [0.15, 0.2) is 12.1 Å². The van der Waals surface area contributed by atoms with Crippen molar-refractivity contribution in [1.82, 2.24) is 0 Å². The summed E-state index contributed by atoms with van der Waals surface area (Å²) in [5.74, 6) is 0.0135. The Bertz CT molecular complexity index is 324. The van der Waals surface area contributed by atoms with Crippen LogP contribution in [0.3, 0.4) is 0 Å². The molecule has 4 atom stereocenters. The zero-order valence-electron chi connectivity index (χ0n) is 8.48. The van der Waals surface area contributed by atoms with E-state index in [1.165, 1.54) is 6.26 Å². The first-order valence-electron chi connectivity index (χ1n) is 5.12. The predicted octanol–water partition coefficient (Wildman–Crippen LogP) is 1.69. The lowest BCUT2D eigenvalue weighted by molar-refractivity contribution is -0.129. The SMILES string of the molecule is CC1CC2OC=C(C=O)C(=O)C2CC1Cl. The number of carbonyl (C=O) groups excluding carboxylic acids is 2. The summed E-state index contributed by atoms with van der Waals surface area (Å²) < 4.78 is 5.40. The maximum atomic E-state index is 11.8. The van der Waals surface area contributed by atoms with Crippen molar-refractivity contribution < 1.29 is 14.3 Å². The number of carbonyl (C=O) groups is 2. The number of fused-ring (bicyclic) bond motifs is 1. The number of alkyl halides is 1. The molecule has 2 aliphatic rings. The van der Waals surface area contributed by atoms with Crippen molar-refractivity contribution in [2.24, 2.45) is 11.8 Å². The van der Waals surface area contributed by atoms with Crippen molar-refractivity contribution >= 4 is 23.7 Å². The van der Waals surface area contributed by atoms with Gasteiger partial charge in [-0.1, -0.05) is 6.92 Å². The highest BCUT2D eigenvalue weighted by Crippen LogP contribution is 2.37. The van der Waals surface area contributed by atoms with Crippen LogP contribution in [0.15, 0.2) is 11.8 Å². The zero-order chi connectivity index (χ0) is 11.0. The fraction of sp³-hybridized carbons (Fsp3) is 0.636. The Hall–Kier alpha value is -0.830. The summed E-state index contributed by atoms with van der Waals surface area (Å²) in [7, 11) is 0. The van der Waals surface area contributed by atoms with Crippen LogP contribution in [-0.2, 0) is 14.3 Å². The van der Waals surface area contributed by atoms with Crippen molar-refractivity contribution in [3.8, 4) is 0 Å². The second kappa shape index (κ2) is 3.97. The van der Waals surface area contributed by atoms with Gasteiger partial charge >= 0.3 is 0 Å². The van der Waals surface area contributed by atoms with E-state index in [0.717, 1.165) is 6.42 Å². The molecule has 0 aromatic rings. The fourth-order valence-electron chi connectivity index (χ4n) is 2.25. The van der Waals surface area contributed by atoms with Crippen molar-refractivity contribution in [3.63, 3.8) is 0 Å². The van der Waals surface area contributed by atoms with Gasteiger partial charge in [0.1, 0.15) is 6.10 Å². The van der Waals surface area contributed by atoms with Crippen molar-refractivity contribution in [1.29, 1.82) is 0 Å². The van der Waals surface area contributed by atoms with Gasteiger partial charge in [-0.25, -0.2) is 0 Å². The van der Waals surface area contributed by atoms with Crippen LogP contribution < -0.4 is 0 Å². The number of Topliss-reactive ketones (excluding diaryl/α,β-unsaturated/α-hetero) is 1. The van der Waals surface area contributed by atoms with Gasteiger partial charge in [-0.15, -0.1) is 11.6 Å². The first-order chi connectivity index (χ1) is 7.13. The van der Waals surface area contributed by atoms with Crippen LogP contribution in [0.25, 0.3) is 0 Å². The van der Waals surface area contributed by atoms with Gasteiger partial charge in [0, 0.05) is 5.38 Å². The topological polar surface area (TPSA) is 43.4 Å². The molecule has 1 saturated carbocycles. The van der Waals surface area contributed by atoms with Crippen LogP contribution in [0.5, 0.6) is 0 Å². The number of aldehydes is 1. The van der Waals surface area contributed by atoms with Crippen molar-refractivity contribution in [2.45, 2.75) is 31.2 Å². The van der Waals surface area contributed by atoms with Crippen LogP contribution in [-0.4, -0.2) is 23.6 Å². The number of halogens is 1. The van der Waals surface area contributed by atoms with Gasteiger partial charge in [-0.05, 0) is 18.8 Å². The normalized spacial score (nSPS) is 40.1. The molecule has 3 nitrogen and oxygen atoms in total. The quantitative estimate of drug-likeness (QED) is 0.390. The molecule has 82 valence electrons. The minimum atomic E-state index is -0.228. The van der Waals surface area contributed by atoms with Crippen LogP contribution in [0, 0.1) is 11.8 Å². The largest absolute Gasteiger partial charge is 0.496 e. The summed E-state index contributed by atoms with van der Waals surface area (Å²) in [6.45, 7) is 2.06. The number of hydrogen-bond acceptors (Lipinski definition) is 3. The first-order valence-corrected chi connectivity index (χ1v) is 5.56. The highest BCUT2D eigenvalue weighted by molar-refractivity contribution is 6.21. The van der Waals surface area contributed by atoms with Gasteiger partial charge in [-0.3, -0.25) is 9.59 Å². The first kappa shape index (κ1) is 10.7. The van der Waals surface area contributed by atoms with E-state index in [-0.39, 0.29) is 28.8 Å². The molecule has 1 fully saturated rings. The Morgan fingerprint density at radius 1 is 1.53 bits per heavy atom. The van der Waals surface area contributed by atoms with Gasteiger partial charge < -0.3 is 4.74 Å². The van der Waals surface area contributed by atoms with Gasteiger partial charge in [0.05, 0.1) is 17.8 Å². The molecule has 1 heterocycles. The number of rotatable bonds is 1. The average molecular weight is 229 g/mol. The van der Waals surface area contributed by atoms with E-state index < -0.39 is 0 Å². The average Bonchev–Trinajstić information content (AvgIpc) is 2.22. The van der Waals surface area contributed by atoms with E-state index >= 15 is 0 Å². The van der Waals surface area contributed by atoms with Gasteiger partial charge in [0.2, 0.25) is 0 Å². The van der Waals surface area contributed by atoms with E-state index in [1.807, 2.05) is 0 Å². The zero-order valence-corrected chi connectivity index (χ0v) is 9.24. The van der Waals surface area contributed by atoms with Gasteiger partial charge in [-0.2, -0.15) is 0 Å². The maximum absolute atomic E-state index is 11.8. The van der Waals surface area contributed by atoms with Crippen LogP contribution >= 0.6 is 11.6 Å². The molecule has 4 heteroatoms. The molecular formula is C11H13ClO3. The minimum absolute atomic E-state index is 0.00445. The highest BCUT2D eigenvalue weighted by Gasteiger charge is 2.42. The Balaban J connectivity index is 2.20. The van der Waals surface area contributed by atoms with Crippen LogP contribution in [0.1, 0.15) is 19.8 Å². The fourth-order valence-corrected chi connectivity index (χ4v) is 2.54. The van der Waals surface area contributed by atoms with E-state index in [4.69, 9.17) is 16.3 Å². The van der Waals surface area contributed by atoms with E-state index in [9.17, 15) is 9.59 Å².